The van der Waals surface area contributed by atoms with Gasteiger partial charge in [-0.2, -0.15) is 0 Å². The molecule has 0 bridgehead atoms. The van der Waals surface area contributed by atoms with Crippen LogP contribution in [0.25, 0.3) is 10.9 Å². The van der Waals surface area contributed by atoms with Gasteiger partial charge in [-0.15, -0.1) is 0 Å². The number of alkyl halides is 1. The number of rotatable bonds is 4. The maximum Gasteiger partial charge on any atom is 0.254 e. The zero-order chi connectivity index (χ0) is 13.8. The highest BCUT2D eigenvalue weighted by Gasteiger charge is 2.06. The third-order valence-corrected chi connectivity index (χ3v) is 3.88. The molecule has 0 saturated carbocycles. The van der Waals surface area contributed by atoms with E-state index in [-0.39, 0.29) is 5.56 Å². The average Bonchev–Trinajstić information content (AvgIpc) is 2.44. The van der Waals surface area contributed by atoms with Crippen LogP contribution >= 0.6 is 15.9 Å². The van der Waals surface area contributed by atoms with Gasteiger partial charge in [0.15, 0.2) is 0 Å². The molecule has 0 radical (unpaired) electrons. The fourth-order valence-electron chi connectivity index (χ4n) is 1.83. The number of allylic oxidation sites excluding steroid dienone is 1. The van der Waals surface area contributed by atoms with Crippen LogP contribution in [0.15, 0.2) is 46.8 Å². The summed E-state index contributed by atoms with van der Waals surface area (Å²) in [7, 11) is 1.77. The number of hydrogen-bond donors (Lipinski definition) is 0. The van der Waals surface area contributed by atoms with Gasteiger partial charge < -0.3 is 9.30 Å². The van der Waals surface area contributed by atoms with E-state index in [9.17, 15) is 4.79 Å². The Morgan fingerprint density at radius 2 is 2.16 bits per heavy atom. The van der Waals surface area contributed by atoms with Crippen molar-refractivity contribution >= 4 is 26.8 Å². The molecule has 3 nitrogen and oxygen atoms in total. The standard InChI is InChI=1S/C15H16BrNO2/c1-11(10-16)7-8-19-14-9-15(18)17(2)13-6-4-3-5-12(13)14/h3-7,9H,8,10H2,1-2H3/b11-7+. The smallest absolute Gasteiger partial charge is 0.254 e. The molecule has 1 heterocycles. The number of fused-ring (bicyclic) bond motifs is 1. The SMILES string of the molecule is C/C(=C\COc1cc(=O)n(C)c2ccccc12)CBr. The molecule has 0 aliphatic heterocycles. The normalized spacial score (nSPS) is 11.8. The molecule has 2 rings (SSSR count). The van der Waals surface area contributed by atoms with Crippen LogP contribution in [0.2, 0.25) is 0 Å². The molecule has 4 heteroatoms. The van der Waals surface area contributed by atoms with Crippen molar-refractivity contribution in [3.63, 3.8) is 0 Å². The number of para-hydroxylation sites is 1. The fraction of sp³-hybridized carbons (Fsp3) is 0.267. The lowest BCUT2D eigenvalue weighted by Crippen LogP contribution is -2.16. The van der Waals surface area contributed by atoms with Crippen LogP contribution in [0.5, 0.6) is 5.75 Å². The third-order valence-electron chi connectivity index (χ3n) is 3.00. The highest BCUT2D eigenvalue weighted by Crippen LogP contribution is 2.22. The number of halogens is 1. The zero-order valence-corrected chi connectivity index (χ0v) is 12.6. The third kappa shape index (κ3) is 3.07. The quantitative estimate of drug-likeness (QED) is 0.639. The second-order valence-electron chi connectivity index (χ2n) is 4.42. The summed E-state index contributed by atoms with van der Waals surface area (Å²) in [4.78, 5) is 11.9. The molecule has 19 heavy (non-hydrogen) atoms. The van der Waals surface area contributed by atoms with E-state index >= 15 is 0 Å². The van der Waals surface area contributed by atoms with Gasteiger partial charge in [-0.3, -0.25) is 4.79 Å². The first-order valence-electron chi connectivity index (χ1n) is 6.06. The Morgan fingerprint density at radius 3 is 2.89 bits per heavy atom. The number of hydrogen-bond acceptors (Lipinski definition) is 2. The van der Waals surface area contributed by atoms with E-state index < -0.39 is 0 Å². The lowest BCUT2D eigenvalue weighted by molar-refractivity contribution is 0.365. The fourth-order valence-corrected chi connectivity index (χ4v) is 2.06. The minimum Gasteiger partial charge on any atom is -0.489 e. The van der Waals surface area contributed by atoms with Crippen LogP contribution in [0.3, 0.4) is 0 Å². The zero-order valence-electron chi connectivity index (χ0n) is 11.0. The maximum absolute atomic E-state index is 11.9. The van der Waals surface area contributed by atoms with E-state index in [2.05, 4.69) is 15.9 Å². The van der Waals surface area contributed by atoms with E-state index in [1.807, 2.05) is 37.3 Å². The predicted molar refractivity (Wildman–Crippen MR) is 82.2 cm³/mol. The molecule has 2 aromatic rings. The monoisotopic (exact) mass is 321 g/mol. The highest BCUT2D eigenvalue weighted by atomic mass is 79.9. The van der Waals surface area contributed by atoms with Crippen molar-refractivity contribution in [3.05, 3.63) is 52.3 Å². The molecular formula is C15H16BrNO2. The molecule has 1 aromatic heterocycles. The molecule has 0 fully saturated rings. The Kier molecular flexibility index (Phi) is 4.43. The van der Waals surface area contributed by atoms with Gasteiger partial charge in [0.2, 0.25) is 0 Å². The molecule has 0 N–H and O–H groups in total. The Labute approximate surface area is 120 Å². The van der Waals surface area contributed by atoms with Crippen LogP contribution < -0.4 is 10.3 Å². The summed E-state index contributed by atoms with van der Waals surface area (Å²) < 4.78 is 7.34. The molecule has 0 aliphatic carbocycles. The lowest BCUT2D eigenvalue weighted by Gasteiger charge is -2.10. The van der Waals surface area contributed by atoms with Gasteiger partial charge in [0.1, 0.15) is 12.4 Å². The summed E-state index contributed by atoms with van der Waals surface area (Å²) in [6.45, 7) is 2.49. The molecule has 0 saturated heterocycles. The van der Waals surface area contributed by atoms with Gasteiger partial charge in [0.05, 0.1) is 5.52 Å². The van der Waals surface area contributed by atoms with Crippen molar-refractivity contribution in [1.29, 1.82) is 0 Å². The van der Waals surface area contributed by atoms with Crippen LogP contribution in [-0.2, 0) is 7.05 Å². The van der Waals surface area contributed by atoms with Crippen LogP contribution in [-0.4, -0.2) is 16.5 Å². The number of ether oxygens (including phenoxy) is 1. The number of aryl methyl sites for hydroxylation is 1. The van der Waals surface area contributed by atoms with Crippen LogP contribution in [0.1, 0.15) is 6.92 Å². The molecular weight excluding hydrogens is 306 g/mol. The van der Waals surface area contributed by atoms with Crippen LogP contribution in [0.4, 0.5) is 0 Å². The van der Waals surface area contributed by atoms with Crippen molar-refractivity contribution in [2.75, 3.05) is 11.9 Å². The van der Waals surface area contributed by atoms with Gasteiger partial charge in [-0.25, -0.2) is 0 Å². The first kappa shape index (κ1) is 13.9. The summed E-state index contributed by atoms with van der Waals surface area (Å²) in [6, 6.07) is 9.29. The topological polar surface area (TPSA) is 31.2 Å². The van der Waals surface area contributed by atoms with Crippen molar-refractivity contribution < 1.29 is 4.74 Å². The van der Waals surface area contributed by atoms with Crippen molar-refractivity contribution in [2.24, 2.45) is 7.05 Å². The molecule has 0 atom stereocenters. The van der Waals surface area contributed by atoms with E-state index in [1.54, 1.807) is 17.7 Å². The second kappa shape index (κ2) is 6.06. The Bertz CT molecular complexity index is 673. The van der Waals surface area contributed by atoms with Gasteiger partial charge >= 0.3 is 0 Å². The van der Waals surface area contributed by atoms with Gasteiger partial charge in [0.25, 0.3) is 5.56 Å². The Balaban J connectivity index is 2.38. The summed E-state index contributed by atoms with van der Waals surface area (Å²) in [5.41, 5.74) is 2.02. The molecule has 0 spiro atoms. The maximum atomic E-state index is 11.9. The number of nitrogens with zero attached hydrogens (tertiary/aromatic N) is 1. The average molecular weight is 322 g/mol. The first-order chi connectivity index (χ1) is 9.13. The molecule has 1 aromatic carbocycles. The second-order valence-corrected chi connectivity index (χ2v) is 4.98. The number of pyridine rings is 1. The number of benzene rings is 1. The van der Waals surface area contributed by atoms with Crippen molar-refractivity contribution in [3.8, 4) is 5.75 Å². The summed E-state index contributed by atoms with van der Waals surface area (Å²) in [6.07, 6.45) is 2.00. The van der Waals surface area contributed by atoms with Crippen molar-refractivity contribution in [2.45, 2.75) is 6.92 Å². The minimum absolute atomic E-state index is 0.0603. The van der Waals surface area contributed by atoms with E-state index in [1.165, 1.54) is 5.57 Å². The predicted octanol–water partition coefficient (Wildman–Crippen LogP) is 3.26. The molecule has 0 amide bonds. The summed E-state index contributed by atoms with van der Waals surface area (Å²) in [5.74, 6) is 0.636. The summed E-state index contributed by atoms with van der Waals surface area (Å²) >= 11 is 3.38. The lowest BCUT2D eigenvalue weighted by atomic mass is 10.2. The Hall–Kier alpha value is -1.55. The van der Waals surface area contributed by atoms with E-state index in [0.29, 0.717) is 12.4 Å². The van der Waals surface area contributed by atoms with Gasteiger partial charge in [0, 0.05) is 23.8 Å². The van der Waals surface area contributed by atoms with E-state index in [4.69, 9.17) is 4.74 Å². The Morgan fingerprint density at radius 1 is 1.42 bits per heavy atom. The van der Waals surface area contributed by atoms with Crippen LogP contribution in [0, 0.1) is 0 Å². The van der Waals surface area contributed by atoms with Gasteiger partial charge in [-0.1, -0.05) is 33.6 Å². The number of aromatic nitrogens is 1. The highest BCUT2D eigenvalue weighted by molar-refractivity contribution is 9.09. The minimum atomic E-state index is -0.0603. The van der Waals surface area contributed by atoms with Crippen molar-refractivity contribution in [1.82, 2.24) is 4.57 Å². The largest absolute Gasteiger partial charge is 0.489 e. The van der Waals surface area contributed by atoms with Gasteiger partial charge in [-0.05, 0) is 25.1 Å². The molecule has 0 aliphatic rings. The molecule has 0 unspecified atom stereocenters. The molecule has 100 valence electrons. The summed E-state index contributed by atoms with van der Waals surface area (Å²) in [5, 5.41) is 1.78. The van der Waals surface area contributed by atoms with E-state index in [0.717, 1.165) is 16.2 Å². The first-order valence-corrected chi connectivity index (χ1v) is 7.19.